The van der Waals surface area contributed by atoms with Crippen LogP contribution in [0.15, 0.2) is 18.2 Å². The highest BCUT2D eigenvalue weighted by Gasteiger charge is 2.16. The van der Waals surface area contributed by atoms with Crippen molar-refractivity contribution in [3.05, 3.63) is 23.8 Å². The van der Waals surface area contributed by atoms with Gasteiger partial charge in [0, 0.05) is 13.1 Å². The molecule has 1 aromatic rings. The molecule has 0 radical (unpaired) electrons. The van der Waals surface area contributed by atoms with Gasteiger partial charge in [0.15, 0.2) is 11.5 Å². The first-order chi connectivity index (χ1) is 13.1. The van der Waals surface area contributed by atoms with Gasteiger partial charge in [0.05, 0.1) is 27.2 Å². The Kier molecular flexibility index (Phi) is 9.07. The summed E-state index contributed by atoms with van der Waals surface area (Å²) >= 11 is 0. The summed E-state index contributed by atoms with van der Waals surface area (Å²) in [5.41, 5.74) is 0.152. The maximum atomic E-state index is 12.0. The van der Waals surface area contributed by atoms with Crippen LogP contribution in [-0.4, -0.2) is 57.4 Å². The predicted molar refractivity (Wildman–Crippen MR) is 104 cm³/mol. The van der Waals surface area contributed by atoms with Crippen molar-refractivity contribution in [2.24, 2.45) is 0 Å². The molecular formula is C19H29N3O6. The van der Waals surface area contributed by atoms with Crippen molar-refractivity contribution in [1.29, 1.82) is 0 Å². The van der Waals surface area contributed by atoms with Crippen molar-refractivity contribution in [3.8, 4) is 11.5 Å². The first-order valence-electron chi connectivity index (χ1n) is 8.85. The number of ether oxygens (including phenoxy) is 3. The molecule has 156 valence electrons. The Morgan fingerprint density at radius 2 is 1.50 bits per heavy atom. The summed E-state index contributed by atoms with van der Waals surface area (Å²) in [5, 5.41) is 7.66. The van der Waals surface area contributed by atoms with E-state index >= 15 is 0 Å². The third kappa shape index (κ3) is 9.11. The van der Waals surface area contributed by atoms with E-state index in [0.29, 0.717) is 11.5 Å². The van der Waals surface area contributed by atoms with Gasteiger partial charge in [0.2, 0.25) is 11.8 Å². The van der Waals surface area contributed by atoms with Crippen LogP contribution in [0.1, 0.15) is 26.3 Å². The second kappa shape index (κ2) is 11.0. The number of carbonyl (C=O) groups excluding carboxylic acids is 3. The summed E-state index contributed by atoms with van der Waals surface area (Å²) < 4.78 is 15.4. The van der Waals surface area contributed by atoms with E-state index in [1.165, 1.54) is 7.11 Å². The number of benzene rings is 1. The molecule has 0 saturated carbocycles. The van der Waals surface area contributed by atoms with Crippen molar-refractivity contribution in [2.45, 2.75) is 32.8 Å². The minimum Gasteiger partial charge on any atom is -0.493 e. The van der Waals surface area contributed by atoms with E-state index in [1.807, 2.05) is 0 Å². The third-order valence-corrected chi connectivity index (χ3v) is 3.37. The fourth-order valence-corrected chi connectivity index (χ4v) is 2.17. The number of alkyl carbamates (subject to hydrolysis) is 1. The standard InChI is InChI=1S/C19H29N3O6/c1-19(2,3)28-18(25)22-12-17(24)21-9-8-20-16(23)11-13-6-7-14(26-4)15(10-13)27-5/h6-7,10H,8-9,11-12H2,1-5H3,(H,20,23)(H,21,24)(H,22,25). The lowest BCUT2D eigenvalue weighted by atomic mass is 10.1. The van der Waals surface area contributed by atoms with Gasteiger partial charge in [-0.05, 0) is 38.5 Å². The van der Waals surface area contributed by atoms with Crippen LogP contribution in [0.25, 0.3) is 0 Å². The normalized spacial score (nSPS) is 10.6. The number of methoxy groups -OCH3 is 2. The molecule has 9 heteroatoms. The molecule has 0 spiro atoms. The Morgan fingerprint density at radius 1 is 0.893 bits per heavy atom. The maximum absolute atomic E-state index is 12.0. The smallest absolute Gasteiger partial charge is 0.408 e. The monoisotopic (exact) mass is 395 g/mol. The summed E-state index contributed by atoms with van der Waals surface area (Å²) in [6.45, 7) is 5.51. The number of hydrogen-bond donors (Lipinski definition) is 3. The SMILES string of the molecule is COc1ccc(CC(=O)NCCNC(=O)CNC(=O)OC(C)(C)C)cc1OC. The molecule has 3 amide bonds. The highest BCUT2D eigenvalue weighted by Crippen LogP contribution is 2.27. The second-order valence-corrected chi connectivity index (χ2v) is 6.92. The zero-order valence-corrected chi connectivity index (χ0v) is 17.0. The molecule has 3 N–H and O–H groups in total. The Morgan fingerprint density at radius 3 is 2.07 bits per heavy atom. The van der Waals surface area contributed by atoms with Gasteiger partial charge >= 0.3 is 6.09 Å². The zero-order valence-electron chi connectivity index (χ0n) is 17.0. The van der Waals surface area contributed by atoms with Gasteiger partial charge in [-0.2, -0.15) is 0 Å². The van der Waals surface area contributed by atoms with Crippen molar-refractivity contribution in [3.63, 3.8) is 0 Å². The molecule has 28 heavy (non-hydrogen) atoms. The summed E-state index contributed by atoms with van der Waals surface area (Å²) in [7, 11) is 3.07. The molecule has 0 heterocycles. The molecule has 0 saturated heterocycles. The van der Waals surface area contributed by atoms with Gasteiger partial charge < -0.3 is 30.2 Å². The van der Waals surface area contributed by atoms with Gasteiger partial charge in [-0.25, -0.2) is 4.79 Å². The Hall–Kier alpha value is -2.97. The number of carbonyl (C=O) groups is 3. The minimum atomic E-state index is -0.661. The van der Waals surface area contributed by atoms with Crippen LogP contribution in [0.3, 0.4) is 0 Å². The van der Waals surface area contributed by atoms with Crippen LogP contribution in [0.4, 0.5) is 4.79 Å². The van der Waals surface area contributed by atoms with Crippen molar-refractivity contribution in [1.82, 2.24) is 16.0 Å². The van der Waals surface area contributed by atoms with Crippen molar-refractivity contribution in [2.75, 3.05) is 33.9 Å². The first kappa shape index (κ1) is 23.1. The van der Waals surface area contributed by atoms with Crippen LogP contribution in [-0.2, 0) is 20.7 Å². The van der Waals surface area contributed by atoms with Crippen LogP contribution >= 0.6 is 0 Å². The molecule has 9 nitrogen and oxygen atoms in total. The molecule has 0 aromatic heterocycles. The van der Waals surface area contributed by atoms with E-state index in [2.05, 4.69) is 16.0 Å². The van der Waals surface area contributed by atoms with Crippen LogP contribution in [0.2, 0.25) is 0 Å². The number of hydrogen-bond acceptors (Lipinski definition) is 6. The Balaban J connectivity index is 2.26. The molecule has 0 atom stereocenters. The van der Waals surface area contributed by atoms with Gasteiger partial charge in [-0.15, -0.1) is 0 Å². The van der Waals surface area contributed by atoms with E-state index in [9.17, 15) is 14.4 Å². The van der Waals surface area contributed by atoms with E-state index in [1.54, 1.807) is 46.1 Å². The average Bonchev–Trinajstić information content (AvgIpc) is 2.62. The first-order valence-corrected chi connectivity index (χ1v) is 8.85. The number of amides is 3. The Labute approximate surface area is 165 Å². The highest BCUT2D eigenvalue weighted by atomic mass is 16.6. The van der Waals surface area contributed by atoms with Gasteiger partial charge in [0.25, 0.3) is 0 Å². The predicted octanol–water partition coefficient (Wildman–Crippen LogP) is 1.00. The number of rotatable bonds is 9. The third-order valence-electron chi connectivity index (χ3n) is 3.37. The largest absolute Gasteiger partial charge is 0.493 e. The summed E-state index contributed by atoms with van der Waals surface area (Å²) in [6, 6.07) is 5.26. The quantitative estimate of drug-likeness (QED) is 0.538. The fraction of sp³-hybridized carbons (Fsp3) is 0.526. The molecule has 0 aliphatic carbocycles. The average molecular weight is 395 g/mol. The lowest BCUT2D eigenvalue weighted by molar-refractivity contribution is -0.122. The summed E-state index contributed by atoms with van der Waals surface area (Å²) in [6.07, 6.45) is -0.486. The van der Waals surface area contributed by atoms with Crippen LogP contribution in [0, 0.1) is 0 Å². The minimum absolute atomic E-state index is 0.175. The molecule has 0 fully saturated rings. The van der Waals surface area contributed by atoms with Gasteiger partial charge in [-0.3, -0.25) is 9.59 Å². The molecule has 0 unspecified atom stereocenters. The Bertz CT molecular complexity index is 685. The van der Waals surface area contributed by atoms with Gasteiger partial charge in [0.1, 0.15) is 5.60 Å². The lowest BCUT2D eigenvalue weighted by Gasteiger charge is -2.19. The maximum Gasteiger partial charge on any atom is 0.408 e. The van der Waals surface area contributed by atoms with Crippen LogP contribution < -0.4 is 25.4 Å². The van der Waals surface area contributed by atoms with E-state index < -0.39 is 11.7 Å². The molecule has 0 aliphatic rings. The molecule has 0 aliphatic heterocycles. The second-order valence-electron chi connectivity index (χ2n) is 6.92. The number of nitrogens with one attached hydrogen (secondary N) is 3. The van der Waals surface area contributed by atoms with E-state index in [-0.39, 0.29) is 37.9 Å². The van der Waals surface area contributed by atoms with E-state index in [4.69, 9.17) is 14.2 Å². The summed E-state index contributed by atoms with van der Waals surface area (Å²) in [5.74, 6) is 0.584. The van der Waals surface area contributed by atoms with E-state index in [0.717, 1.165) is 5.56 Å². The highest BCUT2D eigenvalue weighted by molar-refractivity contribution is 5.82. The molecular weight excluding hydrogens is 366 g/mol. The van der Waals surface area contributed by atoms with Crippen molar-refractivity contribution >= 4 is 17.9 Å². The fourth-order valence-electron chi connectivity index (χ4n) is 2.17. The van der Waals surface area contributed by atoms with Crippen LogP contribution in [0.5, 0.6) is 11.5 Å². The zero-order chi connectivity index (χ0) is 21.2. The topological polar surface area (TPSA) is 115 Å². The molecule has 1 aromatic carbocycles. The summed E-state index contributed by atoms with van der Waals surface area (Å²) in [4.78, 5) is 35.1. The lowest BCUT2D eigenvalue weighted by Crippen LogP contribution is -2.42. The molecule has 0 bridgehead atoms. The van der Waals surface area contributed by atoms with Crippen molar-refractivity contribution < 1.29 is 28.6 Å². The van der Waals surface area contributed by atoms with Gasteiger partial charge in [-0.1, -0.05) is 6.07 Å². The molecule has 1 rings (SSSR count).